The molecule has 1 saturated carbocycles. The molecule has 1 aromatic carbocycles. The highest BCUT2D eigenvalue weighted by molar-refractivity contribution is 5.89. The van der Waals surface area contributed by atoms with E-state index in [0.717, 1.165) is 50.0 Å². The van der Waals surface area contributed by atoms with Crippen molar-refractivity contribution in [2.24, 2.45) is 0 Å². The lowest BCUT2D eigenvalue weighted by molar-refractivity contribution is 0.134. The van der Waals surface area contributed by atoms with Gasteiger partial charge in [0, 0.05) is 11.7 Å². The monoisotopic (exact) mass is 414 g/mol. The number of urea groups is 1. The summed E-state index contributed by atoms with van der Waals surface area (Å²) in [5.74, 6) is 1.71. The molecular weight excluding hydrogens is 384 g/mol. The third-order valence-electron chi connectivity index (χ3n) is 4.98. The summed E-state index contributed by atoms with van der Waals surface area (Å²) in [6, 6.07) is 7.36. The maximum absolute atomic E-state index is 12.3. The first kappa shape index (κ1) is 21.7. The predicted molar refractivity (Wildman–Crippen MR) is 114 cm³/mol. The molecule has 162 valence electrons. The fraction of sp³-hybridized carbons (Fsp3) is 0.500. The first-order valence-corrected chi connectivity index (χ1v) is 10.5. The van der Waals surface area contributed by atoms with Crippen LogP contribution in [0.15, 0.2) is 36.7 Å². The number of anilines is 1. The second-order valence-electron chi connectivity index (χ2n) is 7.32. The lowest BCUT2D eigenvalue weighted by Crippen LogP contribution is -2.41. The van der Waals surface area contributed by atoms with E-state index in [1.165, 1.54) is 0 Å². The largest absolute Gasteiger partial charge is 0.494 e. The van der Waals surface area contributed by atoms with Crippen molar-refractivity contribution in [3.63, 3.8) is 0 Å². The second kappa shape index (κ2) is 11.2. The lowest BCUT2D eigenvalue weighted by Gasteiger charge is -2.29. The standard InChI is InChI=1S/C22H30N4O4/c1-3-4-13-29-18-9-5-16(6-10-18)24-22(27)25-17-7-11-19(12-8-17)30-21-15-23-14-20(26-21)28-2/h5-6,9-10,14-15,17,19H,3-4,7-8,11-13H2,1-2H3,(H2,24,25,27). The van der Waals surface area contributed by atoms with Crippen molar-refractivity contribution >= 4 is 11.7 Å². The van der Waals surface area contributed by atoms with Crippen LogP contribution in [0, 0.1) is 0 Å². The third-order valence-corrected chi connectivity index (χ3v) is 4.98. The molecule has 0 radical (unpaired) electrons. The Kier molecular flexibility index (Phi) is 8.11. The number of nitrogens with zero attached hydrogens (tertiary/aromatic N) is 2. The number of carbonyl (C=O) groups excluding carboxylic acids is 1. The smallest absolute Gasteiger partial charge is 0.319 e. The summed E-state index contributed by atoms with van der Waals surface area (Å²) in [5.41, 5.74) is 0.740. The summed E-state index contributed by atoms with van der Waals surface area (Å²) in [4.78, 5) is 20.6. The molecule has 8 nitrogen and oxygen atoms in total. The van der Waals surface area contributed by atoms with Gasteiger partial charge in [0.25, 0.3) is 0 Å². The van der Waals surface area contributed by atoms with Crippen LogP contribution in [0.4, 0.5) is 10.5 Å². The minimum absolute atomic E-state index is 0.0627. The van der Waals surface area contributed by atoms with Crippen molar-refractivity contribution in [3.05, 3.63) is 36.7 Å². The van der Waals surface area contributed by atoms with Crippen LogP contribution < -0.4 is 24.8 Å². The van der Waals surface area contributed by atoms with Crippen LogP contribution in [0.2, 0.25) is 0 Å². The molecular formula is C22H30N4O4. The van der Waals surface area contributed by atoms with Crippen LogP contribution in [0.5, 0.6) is 17.5 Å². The van der Waals surface area contributed by atoms with Crippen molar-refractivity contribution < 1.29 is 19.0 Å². The molecule has 1 aromatic heterocycles. The fourth-order valence-electron chi connectivity index (χ4n) is 3.30. The third kappa shape index (κ3) is 6.79. The summed E-state index contributed by atoms with van der Waals surface area (Å²) in [5, 5.41) is 5.92. The molecule has 2 amide bonds. The normalized spacial score (nSPS) is 18.3. The van der Waals surface area contributed by atoms with Gasteiger partial charge in [0.2, 0.25) is 11.8 Å². The zero-order chi connectivity index (χ0) is 21.2. The van der Waals surface area contributed by atoms with E-state index in [2.05, 4.69) is 27.5 Å². The Morgan fingerprint density at radius 2 is 1.83 bits per heavy atom. The maximum Gasteiger partial charge on any atom is 0.319 e. The van der Waals surface area contributed by atoms with Crippen molar-refractivity contribution in [2.45, 2.75) is 57.6 Å². The van der Waals surface area contributed by atoms with Gasteiger partial charge in [-0.15, -0.1) is 0 Å². The summed E-state index contributed by atoms with van der Waals surface area (Å²) >= 11 is 0. The van der Waals surface area contributed by atoms with E-state index in [1.54, 1.807) is 19.5 Å². The Balaban J connectivity index is 1.38. The van der Waals surface area contributed by atoms with Gasteiger partial charge in [-0.05, 0) is 56.4 Å². The number of amides is 2. The molecule has 0 unspecified atom stereocenters. The highest BCUT2D eigenvalue weighted by Gasteiger charge is 2.24. The first-order valence-electron chi connectivity index (χ1n) is 10.5. The Bertz CT molecular complexity index is 792. The van der Waals surface area contributed by atoms with Crippen LogP contribution in [0.25, 0.3) is 0 Å². The molecule has 0 spiro atoms. The number of benzene rings is 1. The number of methoxy groups -OCH3 is 1. The molecule has 0 atom stereocenters. The quantitative estimate of drug-likeness (QED) is 0.598. The average molecular weight is 415 g/mol. The van der Waals surface area contributed by atoms with Crippen LogP contribution >= 0.6 is 0 Å². The number of aromatic nitrogens is 2. The van der Waals surface area contributed by atoms with Crippen molar-refractivity contribution in [1.82, 2.24) is 15.3 Å². The number of unbranched alkanes of at least 4 members (excludes halogenated alkanes) is 1. The first-order chi connectivity index (χ1) is 14.7. The van der Waals surface area contributed by atoms with Gasteiger partial charge < -0.3 is 24.8 Å². The number of rotatable bonds is 9. The van der Waals surface area contributed by atoms with E-state index in [4.69, 9.17) is 14.2 Å². The summed E-state index contributed by atoms with van der Waals surface area (Å²) < 4.78 is 16.6. The Hall–Kier alpha value is -3.03. The number of ether oxygens (including phenoxy) is 3. The van der Waals surface area contributed by atoms with Gasteiger partial charge in [0.05, 0.1) is 26.1 Å². The highest BCUT2D eigenvalue weighted by atomic mass is 16.5. The topological polar surface area (TPSA) is 94.6 Å². The molecule has 1 aliphatic carbocycles. The van der Waals surface area contributed by atoms with Gasteiger partial charge in [-0.2, -0.15) is 4.98 Å². The molecule has 2 N–H and O–H groups in total. The average Bonchev–Trinajstić information content (AvgIpc) is 2.76. The van der Waals surface area contributed by atoms with E-state index in [1.807, 2.05) is 24.3 Å². The van der Waals surface area contributed by atoms with E-state index in [0.29, 0.717) is 18.4 Å². The summed E-state index contributed by atoms with van der Waals surface area (Å²) in [7, 11) is 1.55. The van der Waals surface area contributed by atoms with E-state index in [9.17, 15) is 4.79 Å². The fourth-order valence-corrected chi connectivity index (χ4v) is 3.30. The highest BCUT2D eigenvalue weighted by Crippen LogP contribution is 2.24. The van der Waals surface area contributed by atoms with E-state index in [-0.39, 0.29) is 18.2 Å². The molecule has 1 aliphatic rings. The SMILES string of the molecule is CCCCOc1ccc(NC(=O)NC2CCC(Oc3cncc(OC)n3)CC2)cc1. The van der Waals surface area contributed by atoms with E-state index >= 15 is 0 Å². The molecule has 0 aliphatic heterocycles. The minimum atomic E-state index is -0.197. The number of hydrogen-bond acceptors (Lipinski definition) is 6. The van der Waals surface area contributed by atoms with Gasteiger partial charge in [0.1, 0.15) is 11.9 Å². The zero-order valence-corrected chi connectivity index (χ0v) is 17.6. The minimum Gasteiger partial charge on any atom is -0.494 e. The molecule has 0 saturated heterocycles. The van der Waals surface area contributed by atoms with Crippen LogP contribution in [-0.2, 0) is 0 Å². The van der Waals surface area contributed by atoms with Crippen LogP contribution in [0.3, 0.4) is 0 Å². The lowest BCUT2D eigenvalue weighted by atomic mass is 9.93. The predicted octanol–water partition coefficient (Wildman–Crippen LogP) is 4.18. The molecule has 0 bridgehead atoms. The summed E-state index contributed by atoms with van der Waals surface area (Å²) in [6.07, 6.45) is 8.69. The maximum atomic E-state index is 12.3. The van der Waals surface area contributed by atoms with Crippen LogP contribution in [-0.4, -0.2) is 41.9 Å². The Morgan fingerprint density at radius 3 is 2.53 bits per heavy atom. The Morgan fingerprint density at radius 1 is 1.10 bits per heavy atom. The van der Waals surface area contributed by atoms with Gasteiger partial charge in [-0.25, -0.2) is 4.79 Å². The zero-order valence-electron chi connectivity index (χ0n) is 17.6. The number of nitrogens with one attached hydrogen (secondary N) is 2. The van der Waals surface area contributed by atoms with Gasteiger partial charge in [0.15, 0.2) is 0 Å². The van der Waals surface area contributed by atoms with Gasteiger partial charge in [-0.3, -0.25) is 4.98 Å². The van der Waals surface area contributed by atoms with Crippen molar-refractivity contribution in [3.8, 4) is 17.5 Å². The second-order valence-corrected chi connectivity index (χ2v) is 7.32. The molecule has 1 heterocycles. The van der Waals surface area contributed by atoms with Crippen molar-refractivity contribution in [1.29, 1.82) is 0 Å². The van der Waals surface area contributed by atoms with Gasteiger partial charge >= 0.3 is 6.03 Å². The van der Waals surface area contributed by atoms with Crippen LogP contribution in [0.1, 0.15) is 45.4 Å². The van der Waals surface area contributed by atoms with Crippen molar-refractivity contribution in [2.75, 3.05) is 19.0 Å². The molecule has 2 aromatic rings. The molecule has 30 heavy (non-hydrogen) atoms. The molecule has 3 rings (SSSR count). The number of carbonyl (C=O) groups is 1. The van der Waals surface area contributed by atoms with E-state index < -0.39 is 0 Å². The Labute approximate surface area is 177 Å². The number of hydrogen-bond donors (Lipinski definition) is 2. The van der Waals surface area contributed by atoms with Gasteiger partial charge in [-0.1, -0.05) is 13.3 Å². The molecule has 1 fully saturated rings. The summed E-state index contributed by atoms with van der Waals surface area (Å²) in [6.45, 7) is 2.84. The molecule has 8 heteroatoms.